The van der Waals surface area contributed by atoms with Gasteiger partial charge in [-0.05, 0) is 24.6 Å². The normalized spacial score (nSPS) is 12.2. The Morgan fingerprint density at radius 2 is 2.31 bits per heavy atom. The highest BCUT2D eigenvalue weighted by atomic mass is 79.9. The first-order valence-electron chi connectivity index (χ1n) is 4.90. The Morgan fingerprint density at radius 3 is 2.81 bits per heavy atom. The average Bonchev–Trinajstić information content (AvgIpc) is 2.25. The van der Waals surface area contributed by atoms with Crippen molar-refractivity contribution in [2.75, 3.05) is 5.33 Å². The molecule has 0 aliphatic rings. The molecule has 1 N–H and O–H groups in total. The average molecular weight is 309 g/mol. The topological polar surface area (TPSA) is 29.1 Å². The summed E-state index contributed by atoms with van der Waals surface area (Å²) < 4.78 is 13.4. The van der Waals surface area contributed by atoms with Crippen LogP contribution >= 0.6 is 27.5 Å². The molecule has 88 valence electrons. The monoisotopic (exact) mass is 307 g/mol. The molecule has 16 heavy (non-hydrogen) atoms. The summed E-state index contributed by atoms with van der Waals surface area (Å²) in [5.74, 6) is -1.02. The number of hydrogen-bond acceptors (Lipinski definition) is 1. The highest BCUT2D eigenvalue weighted by Crippen LogP contribution is 2.14. The molecule has 0 bridgehead atoms. The van der Waals surface area contributed by atoms with Crippen LogP contribution in [-0.2, 0) is 0 Å². The van der Waals surface area contributed by atoms with E-state index in [1.165, 1.54) is 12.1 Å². The zero-order valence-electron chi connectivity index (χ0n) is 8.77. The van der Waals surface area contributed by atoms with Crippen molar-refractivity contribution in [3.8, 4) is 0 Å². The van der Waals surface area contributed by atoms with Crippen LogP contribution in [0, 0.1) is 5.82 Å². The standard InChI is InChI=1S/C11H12BrClFNO/c1-2-8(6-12)15-11(16)9-4-3-7(13)5-10(9)14/h3-5,8H,2,6H2,1H3,(H,15,16). The lowest BCUT2D eigenvalue weighted by molar-refractivity contribution is 0.0936. The molecule has 0 saturated carbocycles. The van der Waals surface area contributed by atoms with E-state index in [4.69, 9.17) is 11.6 Å². The molecule has 0 spiro atoms. The molecule has 0 aromatic heterocycles. The van der Waals surface area contributed by atoms with E-state index < -0.39 is 11.7 Å². The fourth-order valence-corrected chi connectivity index (χ4v) is 1.97. The van der Waals surface area contributed by atoms with Crippen molar-refractivity contribution in [3.05, 3.63) is 34.6 Å². The third-order valence-electron chi connectivity index (χ3n) is 2.19. The van der Waals surface area contributed by atoms with Crippen molar-refractivity contribution in [1.29, 1.82) is 0 Å². The van der Waals surface area contributed by atoms with Gasteiger partial charge in [0.2, 0.25) is 0 Å². The van der Waals surface area contributed by atoms with E-state index in [1.54, 1.807) is 0 Å². The molecule has 1 rings (SSSR count). The van der Waals surface area contributed by atoms with E-state index >= 15 is 0 Å². The highest BCUT2D eigenvalue weighted by molar-refractivity contribution is 9.09. The van der Waals surface area contributed by atoms with Crippen molar-refractivity contribution in [2.45, 2.75) is 19.4 Å². The molecule has 1 aromatic carbocycles. The number of nitrogens with one attached hydrogen (secondary N) is 1. The van der Waals surface area contributed by atoms with Gasteiger partial charge in [-0.3, -0.25) is 4.79 Å². The van der Waals surface area contributed by atoms with Crippen LogP contribution in [0.3, 0.4) is 0 Å². The number of amides is 1. The van der Waals surface area contributed by atoms with E-state index in [0.29, 0.717) is 5.33 Å². The van der Waals surface area contributed by atoms with Crippen LogP contribution in [-0.4, -0.2) is 17.3 Å². The van der Waals surface area contributed by atoms with Gasteiger partial charge in [0.05, 0.1) is 5.56 Å². The summed E-state index contributed by atoms with van der Waals surface area (Å²) in [6.07, 6.45) is 0.784. The second kappa shape index (κ2) is 6.21. The second-order valence-electron chi connectivity index (χ2n) is 3.36. The number of halogens is 3. The lowest BCUT2D eigenvalue weighted by atomic mass is 10.1. The number of alkyl halides is 1. The number of carbonyl (C=O) groups is 1. The van der Waals surface area contributed by atoms with Crippen LogP contribution in [0.1, 0.15) is 23.7 Å². The summed E-state index contributed by atoms with van der Waals surface area (Å²) in [6, 6.07) is 4.01. The van der Waals surface area contributed by atoms with Gasteiger partial charge in [0.15, 0.2) is 0 Å². The molecule has 0 radical (unpaired) electrons. The van der Waals surface area contributed by atoms with E-state index in [2.05, 4.69) is 21.2 Å². The Kier molecular flexibility index (Phi) is 5.22. The number of carbonyl (C=O) groups excluding carboxylic acids is 1. The molecule has 0 aliphatic carbocycles. The van der Waals surface area contributed by atoms with Gasteiger partial charge < -0.3 is 5.32 Å². The fraction of sp³-hybridized carbons (Fsp3) is 0.364. The van der Waals surface area contributed by atoms with E-state index in [0.717, 1.165) is 12.5 Å². The number of benzene rings is 1. The van der Waals surface area contributed by atoms with Gasteiger partial charge in [0.1, 0.15) is 5.82 Å². The first-order chi connectivity index (χ1) is 7.58. The summed E-state index contributed by atoms with van der Waals surface area (Å²) >= 11 is 8.88. The Hall–Kier alpha value is -0.610. The maximum atomic E-state index is 13.4. The molecule has 1 unspecified atom stereocenters. The van der Waals surface area contributed by atoms with E-state index in [9.17, 15) is 9.18 Å². The quantitative estimate of drug-likeness (QED) is 0.849. The highest BCUT2D eigenvalue weighted by Gasteiger charge is 2.14. The molecule has 0 heterocycles. The zero-order valence-corrected chi connectivity index (χ0v) is 11.1. The predicted molar refractivity (Wildman–Crippen MR) is 66.7 cm³/mol. The molecule has 5 heteroatoms. The van der Waals surface area contributed by atoms with Crippen molar-refractivity contribution >= 4 is 33.4 Å². The van der Waals surface area contributed by atoms with E-state index in [1.807, 2.05) is 6.92 Å². The number of hydrogen-bond donors (Lipinski definition) is 1. The lowest BCUT2D eigenvalue weighted by Gasteiger charge is -2.14. The van der Waals surface area contributed by atoms with Gasteiger partial charge in [-0.2, -0.15) is 0 Å². The summed E-state index contributed by atoms with van der Waals surface area (Å²) in [5.41, 5.74) is 0.0174. The first-order valence-corrected chi connectivity index (χ1v) is 6.40. The largest absolute Gasteiger partial charge is 0.348 e. The maximum Gasteiger partial charge on any atom is 0.254 e. The summed E-state index contributed by atoms with van der Waals surface area (Å²) in [5, 5.41) is 3.65. The summed E-state index contributed by atoms with van der Waals surface area (Å²) in [7, 11) is 0. The SMILES string of the molecule is CCC(CBr)NC(=O)c1ccc(Cl)cc1F. The van der Waals surface area contributed by atoms with Crippen LogP contribution < -0.4 is 5.32 Å². The Labute approximate surface area is 107 Å². The summed E-state index contributed by atoms with van der Waals surface area (Å²) in [6.45, 7) is 1.95. The molecule has 0 saturated heterocycles. The molecule has 0 aliphatic heterocycles. The second-order valence-corrected chi connectivity index (χ2v) is 4.44. The van der Waals surface area contributed by atoms with Gasteiger partial charge in [-0.1, -0.05) is 34.5 Å². The zero-order chi connectivity index (χ0) is 12.1. The Bertz CT molecular complexity index is 382. The number of rotatable bonds is 4. The summed E-state index contributed by atoms with van der Waals surface area (Å²) in [4.78, 5) is 11.7. The molecule has 1 atom stereocenters. The minimum atomic E-state index is -0.602. The van der Waals surface area contributed by atoms with E-state index in [-0.39, 0.29) is 16.6 Å². The third kappa shape index (κ3) is 3.46. The van der Waals surface area contributed by atoms with Gasteiger partial charge >= 0.3 is 0 Å². The van der Waals surface area contributed by atoms with Crippen molar-refractivity contribution in [1.82, 2.24) is 5.32 Å². The molecule has 1 aromatic rings. The maximum absolute atomic E-state index is 13.4. The van der Waals surface area contributed by atoms with Gasteiger partial charge in [0.25, 0.3) is 5.91 Å². The Morgan fingerprint density at radius 1 is 1.62 bits per heavy atom. The van der Waals surface area contributed by atoms with Gasteiger partial charge in [0, 0.05) is 16.4 Å². The molecule has 0 fully saturated rings. The Balaban J connectivity index is 2.80. The van der Waals surface area contributed by atoms with Crippen LogP contribution in [0.5, 0.6) is 0 Å². The van der Waals surface area contributed by atoms with Gasteiger partial charge in [-0.25, -0.2) is 4.39 Å². The molecular formula is C11H12BrClFNO. The lowest BCUT2D eigenvalue weighted by Crippen LogP contribution is -2.35. The van der Waals surface area contributed by atoms with Crippen LogP contribution in [0.15, 0.2) is 18.2 Å². The predicted octanol–water partition coefficient (Wildman–Crippen LogP) is 3.38. The van der Waals surface area contributed by atoms with Gasteiger partial charge in [-0.15, -0.1) is 0 Å². The first kappa shape index (κ1) is 13.5. The van der Waals surface area contributed by atoms with Crippen molar-refractivity contribution in [3.63, 3.8) is 0 Å². The minimum Gasteiger partial charge on any atom is -0.348 e. The molecular weight excluding hydrogens is 296 g/mol. The van der Waals surface area contributed by atoms with Crippen LogP contribution in [0.25, 0.3) is 0 Å². The minimum absolute atomic E-state index is 0.00239. The fourth-order valence-electron chi connectivity index (χ4n) is 1.19. The van der Waals surface area contributed by atoms with Crippen molar-refractivity contribution < 1.29 is 9.18 Å². The van der Waals surface area contributed by atoms with Crippen molar-refractivity contribution in [2.24, 2.45) is 0 Å². The third-order valence-corrected chi connectivity index (χ3v) is 3.21. The smallest absolute Gasteiger partial charge is 0.254 e. The van der Waals surface area contributed by atoms with Crippen LogP contribution in [0.4, 0.5) is 4.39 Å². The van der Waals surface area contributed by atoms with Crippen LogP contribution in [0.2, 0.25) is 5.02 Å². The molecule has 1 amide bonds. The molecule has 2 nitrogen and oxygen atoms in total.